The lowest BCUT2D eigenvalue weighted by Crippen LogP contribution is -2.35. The Morgan fingerprint density at radius 3 is 2.23 bits per heavy atom. The molecule has 0 amide bonds. The second-order valence-corrected chi connectivity index (χ2v) is 8.32. The number of carbonyl (C=O) groups excluding carboxylic acids is 2. The van der Waals surface area contributed by atoms with E-state index in [-0.39, 0.29) is 20.0 Å². The van der Waals surface area contributed by atoms with E-state index < -0.39 is 38.4 Å². The number of fused-ring (bicyclic) bond motifs is 1. The summed E-state index contributed by atoms with van der Waals surface area (Å²) in [5.41, 5.74) is -1.43. The van der Waals surface area contributed by atoms with Crippen molar-refractivity contribution >= 4 is 21.8 Å². The zero-order valence-corrected chi connectivity index (χ0v) is 15.5. The van der Waals surface area contributed by atoms with Gasteiger partial charge in [0.25, 0.3) is 0 Å². The molecule has 0 bridgehead atoms. The molecule has 2 aliphatic rings. The Labute approximate surface area is 151 Å². The quantitative estimate of drug-likeness (QED) is 0.529. The van der Waals surface area contributed by atoms with Crippen LogP contribution in [0.15, 0.2) is 18.2 Å². The highest BCUT2D eigenvalue weighted by molar-refractivity contribution is 7.91. The maximum Gasteiger partial charge on any atom is 0.325 e. The number of sulfone groups is 1. The number of rotatable bonds is 6. The zero-order chi connectivity index (χ0) is 19.1. The molecule has 1 aromatic carbocycles. The number of hydrogen-bond acceptors (Lipinski definition) is 8. The molecule has 0 N–H and O–H groups in total. The van der Waals surface area contributed by atoms with Gasteiger partial charge in [0.1, 0.15) is 0 Å². The van der Waals surface area contributed by atoms with Gasteiger partial charge < -0.3 is 18.9 Å². The molecule has 1 aliphatic carbocycles. The molecule has 26 heavy (non-hydrogen) atoms. The van der Waals surface area contributed by atoms with E-state index in [0.717, 1.165) is 6.26 Å². The van der Waals surface area contributed by atoms with Crippen molar-refractivity contribution in [1.82, 2.24) is 0 Å². The molecule has 1 saturated carbocycles. The van der Waals surface area contributed by atoms with Crippen molar-refractivity contribution in [2.45, 2.75) is 25.0 Å². The summed E-state index contributed by atoms with van der Waals surface area (Å²) in [6.45, 7) is 3.27. The maximum atomic E-state index is 12.7. The van der Waals surface area contributed by atoms with E-state index in [1.165, 1.54) is 0 Å². The van der Waals surface area contributed by atoms with Crippen molar-refractivity contribution in [2.75, 3.05) is 26.3 Å². The fourth-order valence-electron chi connectivity index (χ4n) is 3.56. The summed E-state index contributed by atoms with van der Waals surface area (Å²) in [5, 5.41) is -1.26. The number of esters is 2. The van der Waals surface area contributed by atoms with Crippen LogP contribution in [0.25, 0.3) is 0 Å². The van der Waals surface area contributed by atoms with Gasteiger partial charge in [-0.05, 0) is 31.5 Å². The van der Waals surface area contributed by atoms with E-state index in [0.29, 0.717) is 17.1 Å². The summed E-state index contributed by atoms with van der Waals surface area (Å²) in [4.78, 5) is 25.3. The summed E-state index contributed by atoms with van der Waals surface area (Å²) < 4.78 is 45.4. The van der Waals surface area contributed by atoms with Crippen LogP contribution in [0.2, 0.25) is 0 Å². The maximum absolute atomic E-state index is 12.7. The molecule has 0 spiro atoms. The number of carbonyl (C=O) groups is 2. The molecule has 0 saturated heterocycles. The molecule has 0 aromatic heterocycles. The highest BCUT2D eigenvalue weighted by Crippen LogP contribution is 2.64. The third-order valence-corrected chi connectivity index (χ3v) is 6.14. The Kier molecular flexibility index (Phi) is 4.60. The highest BCUT2D eigenvalue weighted by Gasteiger charge is 2.81. The molecule has 8 nitrogen and oxygen atoms in total. The van der Waals surface area contributed by atoms with E-state index in [9.17, 15) is 18.0 Å². The topological polar surface area (TPSA) is 105 Å². The van der Waals surface area contributed by atoms with Gasteiger partial charge in [0, 0.05) is 12.2 Å². The minimum absolute atomic E-state index is 0.0182. The van der Waals surface area contributed by atoms with Gasteiger partial charge in [0.15, 0.2) is 26.8 Å². The van der Waals surface area contributed by atoms with Crippen molar-refractivity contribution in [3.05, 3.63) is 23.8 Å². The first-order chi connectivity index (χ1) is 12.3. The molecule has 3 rings (SSSR count). The van der Waals surface area contributed by atoms with Gasteiger partial charge >= 0.3 is 11.9 Å². The SMILES string of the molecule is CCOC(=O)C1(C(=O)OCC)[C@@H](c2ccc3c(c2)OCO3)[C@@H]1S(C)(=O)=O. The highest BCUT2D eigenvalue weighted by atomic mass is 32.2. The van der Waals surface area contributed by atoms with Crippen LogP contribution in [0.1, 0.15) is 25.3 Å². The largest absolute Gasteiger partial charge is 0.465 e. The molecule has 9 heteroatoms. The zero-order valence-electron chi connectivity index (χ0n) is 14.7. The van der Waals surface area contributed by atoms with Crippen LogP contribution in [0, 0.1) is 5.41 Å². The van der Waals surface area contributed by atoms with Crippen molar-refractivity contribution in [3.63, 3.8) is 0 Å². The Balaban J connectivity index is 2.11. The molecular formula is C17H20O8S. The first-order valence-electron chi connectivity index (χ1n) is 8.21. The van der Waals surface area contributed by atoms with Crippen molar-refractivity contribution < 1.29 is 37.0 Å². The van der Waals surface area contributed by atoms with Crippen LogP contribution >= 0.6 is 0 Å². The smallest absolute Gasteiger partial charge is 0.325 e. The summed E-state index contributed by atoms with van der Waals surface area (Å²) in [7, 11) is -3.75. The summed E-state index contributed by atoms with van der Waals surface area (Å²) in [5.74, 6) is -1.75. The molecule has 0 radical (unpaired) electrons. The van der Waals surface area contributed by atoms with E-state index >= 15 is 0 Å². The van der Waals surface area contributed by atoms with Crippen LogP contribution < -0.4 is 9.47 Å². The van der Waals surface area contributed by atoms with Gasteiger partial charge in [-0.3, -0.25) is 9.59 Å². The van der Waals surface area contributed by atoms with E-state index in [1.54, 1.807) is 32.0 Å². The predicted molar refractivity (Wildman–Crippen MR) is 89.6 cm³/mol. The minimum Gasteiger partial charge on any atom is -0.465 e. The Hall–Kier alpha value is -2.29. The van der Waals surface area contributed by atoms with Crippen molar-refractivity contribution in [1.29, 1.82) is 0 Å². The average Bonchev–Trinajstić information content (AvgIpc) is 3.10. The van der Waals surface area contributed by atoms with Gasteiger partial charge in [-0.15, -0.1) is 0 Å². The second kappa shape index (κ2) is 6.46. The third-order valence-electron chi connectivity index (χ3n) is 4.58. The number of ether oxygens (including phenoxy) is 4. The van der Waals surface area contributed by atoms with E-state index in [4.69, 9.17) is 18.9 Å². The first-order valence-corrected chi connectivity index (χ1v) is 10.2. The predicted octanol–water partition coefficient (Wildman–Crippen LogP) is 1.04. The van der Waals surface area contributed by atoms with E-state index in [1.807, 2.05) is 0 Å². The fourth-order valence-corrected chi connectivity index (χ4v) is 5.36. The average molecular weight is 384 g/mol. The van der Waals surface area contributed by atoms with Crippen molar-refractivity contribution in [3.8, 4) is 11.5 Å². The van der Waals surface area contributed by atoms with E-state index in [2.05, 4.69) is 0 Å². The lowest BCUT2D eigenvalue weighted by atomic mass is 9.98. The molecule has 1 aromatic rings. The van der Waals surface area contributed by atoms with Crippen LogP contribution in [-0.2, 0) is 28.9 Å². The van der Waals surface area contributed by atoms with Gasteiger partial charge in [0.05, 0.1) is 18.5 Å². The normalized spacial score (nSPS) is 22.6. The standard InChI is InChI=1S/C17H20O8S/c1-4-22-15(18)17(16(19)23-5-2)13(14(17)26(3,20)21)10-6-7-11-12(8-10)25-9-24-11/h6-8,13-14H,4-5,9H2,1-3H3/t13-,14-/m0/s1. The molecule has 1 aliphatic heterocycles. The minimum atomic E-state index is -3.75. The van der Waals surface area contributed by atoms with Gasteiger partial charge in [0.2, 0.25) is 6.79 Å². The van der Waals surface area contributed by atoms with Crippen LogP contribution in [-0.4, -0.2) is 51.9 Å². The third kappa shape index (κ3) is 2.70. The van der Waals surface area contributed by atoms with Crippen LogP contribution in [0.4, 0.5) is 0 Å². The van der Waals surface area contributed by atoms with Gasteiger partial charge in [-0.25, -0.2) is 8.42 Å². The number of hydrogen-bond donors (Lipinski definition) is 0. The monoisotopic (exact) mass is 384 g/mol. The van der Waals surface area contributed by atoms with Crippen LogP contribution in [0.5, 0.6) is 11.5 Å². The van der Waals surface area contributed by atoms with Crippen molar-refractivity contribution in [2.24, 2.45) is 5.41 Å². The first kappa shape index (κ1) is 18.5. The lowest BCUT2D eigenvalue weighted by molar-refractivity contribution is -0.164. The number of benzene rings is 1. The Morgan fingerprint density at radius 2 is 1.69 bits per heavy atom. The molecule has 2 atom stereocenters. The van der Waals surface area contributed by atoms with Crippen LogP contribution in [0.3, 0.4) is 0 Å². The second-order valence-electron chi connectivity index (χ2n) is 6.15. The summed E-state index contributed by atoms with van der Waals surface area (Å²) >= 11 is 0. The summed E-state index contributed by atoms with van der Waals surface area (Å²) in [6.07, 6.45) is 0.998. The molecule has 1 heterocycles. The molecule has 142 valence electrons. The molecule has 0 unspecified atom stereocenters. The van der Waals surface area contributed by atoms with Gasteiger partial charge in [-0.2, -0.15) is 0 Å². The molecular weight excluding hydrogens is 364 g/mol. The molecule has 1 fully saturated rings. The lowest BCUT2D eigenvalue weighted by Gasteiger charge is -2.15. The summed E-state index contributed by atoms with van der Waals surface area (Å²) in [6, 6.07) is 4.83. The Bertz CT molecular complexity index is 826. The van der Waals surface area contributed by atoms with Gasteiger partial charge in [-0.1, -0.05) is 6.07 Å². The fraction of sp³-hybridized carbons (Fsp3) is 0.529. The Morgan fingerprint density at radius 1 is 1.12 bits per heavy atom.